The Bertz CT molecular complexity index is 354. The van der Waals surface area contributed by atoms with Crippen LogP contribution in [0.15, 0.2) is 18.2 Å². The first-order valence-corrected chi connectivity index (χ1v) is 6.71. The number of hydrogen-bond acceptors (Lipinski definition) is 2. The molecule has 0 heterocycles. The summed E-state index contributed by atoms with van der Waals surface area (Å²) in [6, 6.07) is 5.63. The van der Waals surface area contributed by atoms with Gasteiger partial charge in [0.05, 0.1) is 7.11 Å². The van der Waals surface area contributed by atoms with Crippen LogP contribution in [0.25, 0.3) is 0 Å². The minimum atomic E-state index is -0.279. The number of halogens is 1. The summed E-state index contributed by atoms with van der Waals surface area (Å²) in [7, 11) is 3.45. The summed E-state index contributed by atoms with van der Waals surface area (Å²) in [6.45, 7) is 2.20. The van der Waals surface area contributed by atoms with Gasteiger partial charge in [0.2, 0.25) is 0 Å². The molecule has 1 aromatic carbocycles. The van der Waals surface area contributed by atoms with Crippen molar-refractivity contribution in [3.63, 3.8) is 0 Å². The van der Waals surface area contributed by atoms with Gasteiger partial charge in [0.15, 0.2) is 11.6 Å². The van der Waals surface area contributed by atoms with E-state index in [1.165, 1.54) is 26.4 Å². The first kappa shape index (κ1) is 15.0. The highest BCUT2D eigenvalue weighted by Crippen LogP contribution is 2.19. The first-order chi connectivity index (χ1) is 8.71. The first-order valence-electron chi connectivity index (χ1n) is 6.71. The number of likely N-dealkylation sites (N-methyl/N-ethyl adjacent to an activating group) is 1. The molecule has 0 amide bonds. The molecular weight excluding hydrogens is 229 g/mol. The third-order valence-electron chi connectivity index (χ3n) is 3.26. The fourth-order valence-corrected chi connectivity index (χ4v) is 2.11. The lowest BCUT2D eigenvalue weighted by atomic mass is 10.0. The molecule has 0 radical (unpaired) electrons. The Hall–Kier alpha value is -1.09. The number of rotatable bonds is 8. The zero-order valence-corrected chi connectivity index (χ0v) is 11.6. The molecule has 0 aliphatic heterocycles. The Labute approximate surface area is 110 Å². The SMILES string of the molecule is CCCCCC(Cc1ccc(OC)c(F)c1)NC. The second-order valence-electron chi connectivity index (χ2n) is 4.65. The molecule has 0 spiro atoms. The van der Waals surface area contributed by atoms with Gasteiger partial charge in [-0.25, -0.2) is 4.39 Å². The average Bonchev–Trinajstić information content (AvgIpc) is 2.38. The molecule has 1 unspecified atom stereocenters. The molecule has 0 fully saturated rings. The molecule has 1 atom stereocenters. The highest BCUT2D eigenvalue weighted by molar-refractivity contribution is 5.29. The molecule has 0 saturated heterocycles. The molecule has 0 aliphatic rings. The van der Waals surface area contributed by atoms with Gasteiger partial charge in [-0.2, -0.15) is 0 Å². The van der Waals surface area contributed by atoms with E-state index in [0.29, 0.717) is 11.8 Å². The van der Waals surface area contributed by atoms with Crippen LogP contribution in [-0.4, -0.2) is 20.2 Å². The van der Waals surface area contributed by atoms with Crippen LogP contribution in [0.1, 0.15) is 38.2 Å². The van der Waals surface area contributed by atoms with Crippen molar-refractivity contribution in [3.05, 3.63) is 29.6 Å². The maximum atomic E-state index is 13.6. The standard InChI is InChI=1S/C15H24FNO/c1-4-5-6-7-13(17-2)10-12-8-9-15(18-3)14(16)11-12/h8-9,11,13,17H,4-7,10H2,1-3H3. The van der Waals surface area contributed by atoms with Gasteiger partial charge in [-0.15, -0.1) is 0 Å². The van der Waals surface area contributed by atoms with Gasteiger partial charge in [0, 0.05) is 6.04 Å². The Morgan fingerprint density at radius 3 is 2.67 bits per heavy atom. The van der Waals surface area contributed by atoms with Crippen LogP contribution < -0.4 is 10.1 Å². The van der Waals surface area contributed by atoms with E-state index in [-0.39, 0.29) is 5.82 Å². The Balaban J connectivity index is 2.55. The van der Waals surface area contributed by atoms with Crippen molar-refractivity contribution < 1.29 is 9.13 Å². The lowest BCUT2D eigenvalue weighted by Crippen LogP contribution is -2.27. The van der Waals surface area contributed by atoms with Gasteiger partial charge >= 0.3 is 0 Å². The van der Waals surface area contributed by atoms with E-state index in [1.807, 2.05) is 13.1 Å². The fraction of sp³-hybridized carbons (Fsp3) is 0.600. The van der Waals surface area contributed by atoms with Crippen molar-refractivity contribution in [2.75, 3.05) is 14.2 Å². The number of unbranched alkanes of at least 4 members (excludes halogenated alkanes) is 2. The Kier molecular flexibility index (Phi) is 6.73. The molecule has 1 N–H and O–H groups in total. The number of hydrogen-bond donors (Lipinski definition) is 1. The number of methoxy groups -OCH3 is 1. The van der Waals surface area contributed by atoms with Crippen molar-refractivity contribution in [3.8, 4) is 5.75 Å². The van der Waals surface area contributed by atoms with Crippen LogP contribution in [0.4, 0.5) is 4.39 Å². The summed E-state index contributed by atoms with van der Waals surface area (Å²) in [4.78, 5) is 0. The quantitative estimate of drug-likeness (QED) is 0.715. The molecule has 3 heteroatoms. The maximum Gasteiger partial charge on any atom is 0.165 e. The summed E-state index contributed by atoms with van der Waals surface area (Å²) in [5.74, 6) is 0.0316. The average molecular weight is 253 g/mol. The van der Waals surface area contributed by atoms with Crippen molar-refractivity contribution in [2.45, 2.75) is 45.1 Å². The molecule has 1 aromatic rings. The van der Waals surface area contributed by atoms with Gasteiger partial charge in [-0.1, -0.05) is 32.3 Å². The summed E-state index contributed by atoms with van der Waals surface area (Å²) in [6.07, 6.45) is 5.71. The van der Waals surface area contributed by atoms with Crippen molar-refractivity contribution in [1.82, 2.24) is 5.32 Å². The number of ether oxygens (including phenoxy) is 1. The fourth-order valence-electron chi connectivity index (χ4n) is 2.11. The predicted molar refractivity (Wildman–Crippen MR) is 73.6 cm³/mol. The maximum absolute atomic E-state index is 13.6. The van der Waals surface area contributed by atoms with E-state index in [0.717, 1.165) is 18.4 Å². The van der Waals surface area contributed by atoms with Crippen LogP contribution in [-0.2, 0) is 6.42 Å². The van der Waals surface area contributed by atoms with Crippen molar-refractivity contribution >= 4 is 0 Å². The van der Waals surface area contributed by atoms with Crippen LogP contribution >= 0.6 is 0 Å². The molecule has 0 aromatic heterocycles. The van der Waals surface area contributed by atoms with E-state index in [9.17, 15) is 4.39 Å². The third-order valence-corrected chi connectivity index (χ3v) is 3.26. The predicted octanol–water partition coefficient (Wildman–Crippen LogP) is 3.55. The van der Waals surface area contributed by atoms with E-state index < -0.39 is 0 Å². The molecule has 1 rings (SSSR count). The lowest BCUT2D eigenvalue weighted by Gasteiger charge is -2.16. The van der Waals surface area contributed by atoms with Gasteiger partial charge in [0.1, 0.15) is 0 Å². The Morgan fingerprint density at radius 2 is 2.11 bits per heavy atom. The monoisotopic (exact) mass is 253 g/mol. The molecule has 0 saturated carbocycles. The van der Waals surface area contributed by atoms with Gasteiger partial charge in [0.25, 0.3) is 0 Å². The minimum absolute atomic E-state index is 0.279. The van der Waals surface area contributed by atoms with Crippen LogP contribution in [0.2, 0.25) is 0 Å². The molecule has 2 nitrogen and oxygen atoms in total. The van der Waals surface area contributed by atoms with E-state index >= 15 is 0 Å². The largest absolute Gasteiger partial charge is 0.494 e. The van der Waals surface area contributed by atoms with Crippen molar-refractivity contribution in [1.29, 1.82) is 0 Å². The van der Waals surface area contributed by atoms with Crippen LogP contribution in [0.5, 0.6) is 5.75 Å². The second kappa shape index (κ2) is 8.09. The summed E-state index contributed by atoms with van der Waals surface area (Å²) >= 11 is 0. The number of nitrogens with one attached hydrogen (secondary N) is 1. The second-order valence-corrected chi connectivity index (χ2v) is 4.65. The van der Waals surface area contributed by atoms with E-state index in [4.69, 9.17) is 4.74 Å². The Morgan fingerprint density at radius 1 is 1.33 bits per heavy atom. The van der Waals surface area contributed by atoms with E-state index in [2.05, 4.69) is 12.2 Å². The third kappa shape index (κ3) is 4.65. The van der Waals surface area contributed by atoms with Crippen LogP contribution in [0, 0.1) is 5.82 Å². The van der Waals surface area contributed by atoms with Crippen molar-refractivity contribution in [2.24, 2.45) is 0 Å². The summed E-state index contributed by atoms with van der Waals surface area (Å²) in [5, 5.41) is 3.30. The highest BCUT2D eigenvalue weighted by Gasteiger charge is 2.09. The molecule has 18 heavy (non-hydrogen) atoms. The normalized spacial score (nSPS) is 12.4. The number of benzene rings is 1. The summed E-state index contributed by atoms with van der Waals surface area (Å²) in [5.41, 5.74) is 1.02. The zero-order chi connectivity index (χ0) is 13.4. The molecule has 0 bridgehead atoms. The summed E-state index contributed by atoms with van der Waals surface area (Å²) < 4.78 is 18.5. The minimum Gasteiger partial charge on any atom is -0.494 e. The smallest absolute Gasteiger partial charge is 0.165 e. The van der Waals surface area contributed by atoms with Gasteiger partial charge in [-0.05, 0) is 37.6 Å². The van der Waals surface area contributed by atoms with Gasteiger partial charge in [-0.3, -0.25) is 0 Å². The van der Waals surface area contributed by atoms with E-state index in [1.54, 1.807) is 12.1 Å². The molecule has 0 aliphatic carbocycles. The topological polar surface area (TPSA) is 21.3 Å². The molecule has 102 valence electrons. The zero-order valence-electron chi connectivity index (χ0n) is 11.6. The lowest BCUT2D eigenvalue weighted by molar-refractivity contribution is 0.385. The van der Waals surface area contributed by atoms with Gasteiger partial charge < -0.3 is 10.1 Å². The highest BCUT2D eigenvalue weighted by atomic mass is 19.1. The van der Waals surface area contributed by atoms with Crippen LogP contribution in [0.3, 0.4) is 0 Å². The molecular formula is C15H24FNO.